The number of halogens is 1. The molecule has 0 amide bonds. The van der Waals surface area contributed by atoms with Gasteiger partial charge in [-0.2, -0.15) is 0 Å². The maximum absolute atomic E-state index is 10.6. The highest BCUT2D eigenvalue weighted by atomic mass is 79.9. The highest BCUT2D eigenvalue weighted by Gasteiger charge is 2.11. The van der Waals surface area contributed by atoms with E-state index in [1.54, 1.807) is 16.2 Å². The van der Waals surface area contributed by atoms with E-state index in [0.29, 0.717) is 13.1 Å². The van der Waals surface area contributed by atoms with Crippen molar-refractivity contribution in [3.8, 4) is 12.3 Å². The number of carbonyl (C=O) groups is 1. The summed E-state index contributed by atoms with van der Waals surface area (Å²) in [5.41, 5.74) is 0. The van der Waals surface area contributed by atoms with E-state index in [1.165, 1.54) is 4.88 Å². The zero-order chi connectivity index (χ0) is 12.1. The van der Waals surface area contributed by atoms with Crippen LogP contribution in [0.15, 0.2) is 10.5 Å². The van der Waals surface area contributed by atoms with E-state index >= 15 is 0 Å². The van der Waals surface area contributed by atoms with Crippen molar-refractivity contribution in [1.82, 2.24) is 4.90 Å². The maximum atomic E-state index is 10.6. The lowest BCUT2D eigenvalue weighted by Crippen LogP contribution is -2.29. The molecule has 1 rings (SSSR count). The fraction of sp³-hybridized carbons (Fsp3) is 0.364. The van der Waals surface area contributed by atoms with E-state index < -0.39 is 5.97 Å². The largest absolute Gasteiger partial charge is 0.480 e. The summed E-state index contributed by atoms with van der Waals surface area (Å²) in [5.74, 6) is 1.61. The lowest BCUT2D eigenvalue weighted by atomic mass is 10.4. The molecule has 1 N–H and O–H groups in total. The summed E-state index contributed by atoms with van der Waals surface area (Å²) in [6.07, 6.45) is 5.20. The summed E-state index contributed by atoms with van der Waals surface area (Å²) < 4.78 is 1.06. The Morgan fingerprint density at radius 2 is 2.44 bits per heavy atom. The molecule has 0 saturated carbocycles. The smallest absolute Gasteiger partial charge is 0.317 e. The Balaban J connectivity index is 2.68. The van der Waals surface area contributed by atoms with Gasteiger partial charge in [0, 0.05) is 20.8 Å². The van der Waals surface area contributed by atoms with Crippen LogP contribution in [0, 0.1) is 19.3 Å². The van der Waals surface area contributed by atoms with Gasteiger partial charge in [-0.15, -0.1) is 17.8 Å². The fourth-order valence-electron chi connectivity index (χ4n) is 1.30. The number of hydrogen-bond acceptors (Lipinski definition) is 3. The molecule has 16 heavy (non-hydrogen) atoms. The van der Waals surface area contributed by atoms with Crippen LogP contribution in [0.25, 0.3) is 0 Å². The summed E-state index contributed by atoms with van der Waals surface area (Å²) in [7, 11) is 0. The fourth-order valence-corrected chi connectivity index (χ4v) is 2.95. The Kier molecular flexibility index (Phi) is 5.00. The molecular weight excluding hydrogens is 290 g/mol. The molecule has 0 aliphatic rings. The van der Waals surface area contributed by atoms with E-state index in [-0.39, 0.29) is 6.54 Å². The summed E-state index contributed by atoms with van der Waals surface area (Å²) in [4.78, 5) is 14.7. The quantitative estimate of drug-likeness (QED) is 0.849. The Hall–Kier alpha value is -0.830. The van der Waals surface area contributed by atoms with E-state index in [1.807, 2.05) is 13.0 Å². The summed E-state index contributed by atoms with van der Waals surface area (Å²) in [6.45, 7) is 2.91. The lowest BCUT2D eigenvalue weighted by molar-refractivity contribution is -0.138. The minimum atomic E-state index is -0.859. The highest BCUT2D eigenvalue weighted by Crippen LogP contribution is 2.27. The zero-order valence-corrected chi connectivity index (χ0v) is 11.3. The van der Waals surface area contributed by atoms with Gasteiger partial charge < -0.3 is 5.11 Å². The molecule has 0 aromatic carbocycles. The molecule has 1 heterocycles. The molecule has 1 aromatic rings. The van der Waals surface area contributed by atoms with Crippen molar-refractivity contribution in [2.75, 3.05) is 13.1 Å². The number of carboxylic acids is 1. The molecule has 3 nitrogen and oxygen atoms in total. The van der Waals surface area contributed by atoms with Crippen LogP contribution in [0.1, 0.15) is 9.75 Å². The van der Waals surface area contributed by atoms with Crippen molar-refractivity contribution < 1.29 is 9.90 Å². The third kappa shape index (κ3) is 3.97. The topological polar surface area (TPSA) is 40.5 Å². The Morgan fingerprint density at radius 3 is 2.88 bits per heavy atom. The average molecular weight is 302 g/mol. The lowest BCUT2D eigenvalue weighted by Gasteiger charge is -2.15. The van der Waals surface area contributed by atoms with Crippen molar-refractivity contribution in [3.63, 3.8) is 0 Å². The van der Waals surface area contributed by atoms with Crippen LogP contribution >= 0.6 is 27.3 Å². The van der Waals surface area contributed by atoms with Crippen LogP contribution in [-0.4, -0.2) is 29.1 Å². The highest BCUT2D eigenvalue weighted by molar-refractivity contribution is 9.10. The predicted octanol–water partition coefficient (Wildman–Crippen LogP) is 2.34. The second-order valence-electron chi connectivity index (χ2n) is 3.36. The first-order chi connectivity index (χ1) is 7.52. The predicted molar refractivity (Wildman–Crippen MR) is 68.5 cm³/mol. The van der Waals surface area contributed by atoms with Crippen LogP contribution in [0.4, 0.5) is 0 Å². The van der Waals surface area contributed by atoms with Crippen molar-refractivity contribution in [2.45, 2.75) is 13.5 Å². The molecule has 0 unspecified atom stereocenters. The van der Waals surface area contributed by atoms with Gasteiger partial charge in [0.15, 0.2) is 0 Å². The van der Waals surface area contributed by atoms with Crippen molar-refractivity contribution in [3.05, 3.63) is 20.3 Å². The number of aliphatic carboxylic acids is 1. The zero-order valence-electron chi connectivity index (χ0n) is 8.86. The number of aryl methyl sites for hydroxylation is 1. The normalized spacial score (nSPS) is 10.4. The standard InChI is InChI=1S/C11H12BrNO2S/c1-3-4-13(7-11(14)15)6-9-5-10(12)8(2)16-9/h1,5H,4,6-7H2,2H3,(H,14,15). The molecule has 0 atom stereocenters. The first-order valence-corrected chi connectivity index (χ1v) is 6.26. The minimum Gasteiger partial charge on any atom is -0.480 e. The first kappa shape index (κ1) is 13.2. The van der Waals surface area contributed by atoms with Crippen LogP contribution in [0.2, 0.25) is 0 Å². The monoisotopic (exact) mass is 301 g/mol. The number of carboxylic acid groups (broad SMARTS) is 1. The van der Waals surface area contributed by atoms with Crippen LogP contribution in [-0.2, 0) is 11.3 Å². The second kappa shape index (κ2) is 6.04. The molecular formula is C11H12BrNO2S. The Bertz CT molecular complexity index is 403. The summed E-state index contributed by atoms with van der Waals surface area (Å²) in [6, 6.07) is 2.01. The number of thiophene rings is 1. The summed E-state index contributed by atoms with van der Waals surface area (Å²) in [5, 5.41) is 8.73. The average Bonchev–Trinajstić information content (AvgIpc) is 2.45. The van der Waals surface area contributed by atoms with Crippen molar-refractivity contribution in [1.29, 1.82) is 0 Å². The number of nitrogens with zero attached hydrogens (tertiary/aromatic N) is 1. The van der Waals surface area contributed by atoms with Gasteiger partial charge in [0.2, 0.25) is 0 Å². The van der Waals surface area contributed by atoms with Crippen molar-refractivity contribution >= 4 is 33.2 Å². The molecule has 0 fully saturated rings. The van der Waals surface area contributed by atoms with Gasteiger partial charge in [-0.25, -0.2) is 0 Å². The van der Waals surface area contributed by atoms with Crippen molar-refractivity contribution in [2.24, 2.45) is 0 Å². The summed E-state index contributed by atoms with van der Waals surface area (Å²) >= 11 is 5.08. The third-order valence-electron chi connectivity index (χ3n) is 1.96. The van der Waals surface area contributed by atoms with Gasteiger partial charge >= 0.3 is 5.97 Å². The number of hydrogen-bond donors (Lipinski definition) is 1. The Morgan fingerprint density at radius 1 is 1.75 bits per heavy atom. The van der Waals surface area contributed by atoms with E-state index in [9.17, 15) is 4.79 Å². The molecule has 5 heteroatoms. The second-order valence-corrected chi connectivity index (χ2v) is 5.56. The van der Waals surface area contributed by atoms with E-state index in [0.717, 1.165) is 9.35 Å². The minimum absolute atomic E-state index is 0.0290. The number of rotatable bonds is 5. The molecule has 0 saturated heterocycles. The SMILES string of the molecule is C#CCN(CC(=O)O)Cc1cc(Br)c(C)s1. The van der Waals surface area contributed by atoms with Crippen LogP contribution in [0.5, 0.6) is 0 Å². The molecule has 0 radical (unpaired) electrons. The molecule has 0 aliphatic carbocycles. The van der Waals surface area contributed by atoms with E-state index in [4.69, 9.17) is 11.5 Å². The van der Waals surface area contributed by atoms with Gasteiger partial charge in [-0.05, 0) is 28.9 Å². The molecule has 1 aromatic heterocycles. The third-order valence-corrected chi connectivity index (χ3v) is 4.08. The Labute approximate surface area is 107 Å². The van der Waals surface area contributed by atoms with Gasteiger partial charge in [0.05, 0.1) is 13.1 Å². The van der Waals surface area contributed by atoms with Gasteiger partial charge in [0.25, 0.3) is 0 Å². The van der Waals surface area contributed by atoms with Gasteiger partial charge in [-0.3, -0.25) is 9.69 Å². The van der Waals surface area contributed by atoms with Gasteiger partial charge in [-0.1, -0.05) is 5.92 Å². The van der Waals surface area contributed by atoms with Gasteiger partial charge in [0.1, 0.15) is 0 Å². The molecule has 0 spiro atoms. The van der Waals surface area contributed by atoms with Crippen LogP contribution in [0.3, 0.4) is 0 Å². The van der Waals surface area contributed by atoms with Crippen LogP contribution < -0.4 is 0 Å². The maximum Gasteiger partial charge on any atom is 0.317 e. The number of terminal acetylenes is 1. The van der Waals surface area contributed by atoms with E-state index in [2.05, 4.69) is 21.9 Å². The first-order valence-electron chi connectivity index (χ1n) is 4.65. The molecule has 0 aliphatic heterocycles. The molecule has 86 valence electrons. The molecule has 0 bridgehead atoms.